The number of halogens is 1. The van der Waals surface area contributed by atoms with Gasteiger partial charge in [-0.15, -0.1) is 0 Å². The van der Waals surface area contributed by atoms with Gasteiger partial charge in [0.2, 0.25) is 0 Å². The summed E-state index contributed by atoms with van der Waals surface area (Å²) in [6.45, 7) is 5.12. The molecule has 114 valence electrons. The summed E-state index contributed by atoms with van der Waals surface area (Å²) < 4.78 is 15.7. The van der Waals surface area contributed by atoms with Gasteiger partial charge in [0.25, 0.3) is 0 Å². The Balaban J connectivity index is 1.99. The predicted molar refractivity (Wildman–Crippen MR) is 83.8 cm³/mol. The molecule has 0 atom stereocenters. The molecule has 1 aromatic carbocycles. The van der Waals surface area contributed by atoms with Gasteiger partial charge in [-0.05, 0) is 64.1 Å². The van der Waals surface area contributed by atoms with Crippen LogP contribution in [0.3, 0.4) is 0 Å². The van der Waals surface area contributed by atoms with Crippen molar-refractivity contribution >= 4 is 11.0 Å². The molecule has 0 spiro atoms. The Kier molecular flexibility index (Phi) is 3.98. The zero-order valence-corrected chi connectivity index (χ0v) is 12.8. The first kappa shape index (κ1) is 14.5. The zero-order chi connectivity index (χ0) is 15.0. The molecular weight excluding hydrogens is 265 g/mol. The fourth-order valence-corrected chi connectivity index (χ4v) is 3.58. The molecule has 1 aliphatic rings. The average molecular weight is 289 g/mol. The second-order valence-electron chi connectivity index (χ2n) is 6.52. The number of imidazole rings is 1. The largest absolute Gasteiger partial charge is 0.330 e. The molecule has 3 rings (SSSR count). The first-order valence-electron chi connectivity index (χ1n) is 7.97. The molecule has 0 radical (unpaired) electrons. The smallest absolute Gasteiger partial charge is 0.125 e. The maximum Gasteiger partial charge on any atom is 0.125 e. The molecule has 0 unspecified atom stereocenters. The molecule has 2 aromatic rings. The van der Waals surface area contributed by atoms with Gasteiger partial charge in [-0.3, -0.25) is 0 Å². The molecular formula is C17H24FN3. The third-order valence-electron chi connectivity index (χ3n) is 4.74. The van der Waals surface area contributed by atoms with Gasteiger partial charge in [-0.2, -0.15) is 0 Å². The molecule has 0 aliphatic heterocycles. The van der Waals surface area contributed by atoms with Gasteiger partial charge in [0, 0.05) is 18.0 Å². The van der Waals surface area contributed by atoms with Crippen LogP contribution in [0.5, 0.6) is 0 Å². The Hall–Kier alpha value is -1.42. The number of benzene rings is 1. The number of aromatic nitrogens is 2. The number of rotatable bonds is 3. The second kappa shape index (κ2) is 5.76. The van der Waals surface area contributed by atoms with E-state index < -0.39 is 0 Å². The number of fused-ring (bicyclic) bond motifs is 1. The Morgan fingerprint density at radius 3 is 2.62 bits per heavy atom. The molecule has 1 aromatic heterocycles. The SMILES string of the molecule is CC(C)n1c(C2CCC(CN)CC2)nc2cc(F)ccc21. The molecule has 1 aliphatic carbocycles. The highest BCUT2D eigenvalue weighted by Gasteiger charge is 2.26. The van der Waals surface area contributed by atoms with Gasteiger partial charge in [-0.1, -0.05) is 0 Å². The van der Waals surface area contributed by atoms with E-state index in [0.29, 0.717) is 17.9 Å². The van der Waals surface area contributed by atoms with Crippen LogP contribution >= 0.6 is 0 Å². The van der Waals surface area contributed by atoms with Gasteiger partial charge in [-0.25, -0.2) is 9.37 Å². The Morgan fingerprint density at radius 2 is 2.00 bits per heavy atom. The van der Waals surface area contributed by atoms with Crippen molar-refractivity contribution in [2.24, 2.45) is 11.7 Å². The van der Waals surface area contributed by atoms with E-state index in [0.717, 1.165) is 36.2 Å². The Morgan fingerprint density at radius 1 is 1.29 bits per heavy atom. The maximum atomic E-state index is 13.5. The van der Waals surface area contributed by atoms with Crippen LogP contribution in [-0.2, 0) is 0 Å². The van der Waals surface area contributed by atoms with E-state index in [9.17, 15) is 4.39 Å². The third-order valence-corrected chi connectivity index (χ3v) is 4.74. The van der Waals surface area contributed by atoms with Crippen molar-refractivity contribution in [2.45, 2.75) is 51.5 Å². The van der Waals surface area contributed by atoms with Crippen molar-refractivity contribution in [1.82, 2.24) is 9.55 Å². The van der Waals surface area contributed by atoms with Crippen molar-refractivity contribution in [3.8, 4) is 0 Å². The zero-order valence-electron chi connectivity index (χ0n) is 12.8. The van der Waals surface area contributed by atoms with Crippen molar-refractivity contribution in [3.05, 3.63) is 29.8 Å². The molecule has 0 amide bonds. The van der Waals surface area contributed by atoms with Crippen LogP contribution in [0.25, 0.3) is 11.0 Å². The molecule has 0 saturated heterocycles. The normalized spacial score (nSPS) is 23.1. The average Bonchev–Trinajstić information content (AvgIpc) is 2.85. The van der Waals surface area contributed by atoms with Crippen LogP contribution in [0, 0.1) is 11.7 Å². The summed E-state index contributed by atoms with van der Waals surface area (Å²) in [5.41, 5.74) is 7.60. The standard InChI is InChI=1S/C17H24FN3/c1-11(2)21-16-8-7-14(18)9-15(16)20-17(21)13-5-3-12(10-19)4-6-13/h7-9,11-13H,3-6,10,19H2,1-2H3. The van der Waals surface area contributed by atoms with E-state index in [2.05, 4.69) is 18.4 Å². The fourth-order valence-electron chi connectivity index (χ4n) is 3.58. The van der Waals surface area contributed by atoms with Gasteiger partial charge in [0.05, 0.1) is 11.0 Å². The fraction of sp³-hybridized carbons (Fsp3) is 0.588. The quantitative estimate of drug-likeness (QED) is 0.928. The van der Waals surface area contributed by atoms with E-state index in [1.807, 2.05) is 6.07 Å². The van der Waals surface area contributed by atoms with E-state index in [4.69, 9.17) is 10.7 Å². The molecule has 0 bridgehead atoms. The number of hydrogen-bond donors (Lipinski definition) is 1. The first-order chi connectivity index (χ1) is 10.1. The number of hydrogen-bond acceptors (Lipinski definition) is 2. The third kappa shape index (κ3) is 2.69. The summed E-state index contributed by atoms with van der Waals surface area (Å²) in [6.07, 6.45) is 4.63. The minimum Gasteiger partial charge on any atom is -0.330 e. The first-order valence-corrected chi connectivity index (χ1v) is 7.97. The van der Waals surface area contributed by atoms with E-state index in [1.165, 1.54) is 18.9 Å². The van der Waals surface area contributed by atoms with Crippen molar-refractivity contribution in [3.63, 3.8) is 0 Å². The van der Waals surface area contributed by atoms with Gasteiger partial charge in [0.1, 0.15) is 11.6 Å². The lowest BCUT2D eigenvalue weighted by molar-refractivity contribution is 0.318. The van der Waals surface area contributed by atoms with Crippen molar-refractivity contribution < 1.29 is 4.39 Å². The van der Waals surface area contributed by atoms with E-state index in [-0.39, 0.29) is 5.82 Å². The topological polar surface area (TPSA) is 43.8 Å². The van der Waals surface area contributed by atoms with Crippen LogP contribution in [0.15, 0.2) is 18.2 Å². The van der Waals surface area contributed by atoms with Crippen molar-refractivity contribution in [1.29, 1.82) is 0 Å². The summed E-state index contributed by atoms with van der Waals surface area (Å²) in [4.78, 5) is 4.76. The van der Waals surface area contributed by atoms with Gasteiger partial charge in [0.15, 0.2) is 0 Å². The minimum absolute atomic E-state index is 0.214. The molecule has 2 N–H and O–H groups in total. The Bertz CT molecular complexity index is 624. The Labute approximate surface area is 125 Å². The van der Waals surface area contributed by atoms with Crippen LogP contribution in [-0.4, -0.2) is 16.1 Å². The number of nitrogens with two attached hydrogens (primary N) is 1. The van der Waals surface area contributed by atoms with Gasteiger partial charge >= 0.3 is 0 Å². The lowest BCUT2D eigenvalue weighted by Gasteiger charge is -2.28. The molecule has 1 saturated carbocycles. The van der Waals surface area contributed by atoms with Crippen LogP contribution in [0.1, 0.15) is 57.3 Å². The summed E-state index contributed by atoms with van der Waals surface area (Å²) >= 11 is 0. The highest BCUT2D eigenvalue weighted by Crippen LogP contribution is 2.37. The molecule has 3 nitrogen and oxygen atoms in total. The molecule has 4 heteroatoms. The molecule has 1 heterocycles. The summed E-state index contributed by atoms with van der Waals surface area (Å²) in [5, 5.41) is 0. The lowest BCUT2D eigenvalue weighted by Crippen LogP contribution is -2.22. The highest BCUT2D eigenvalue weighted by atomic mass is 19.1. The van der Waals surface area contributed by atoms with Crippen LogP contribution in [0.4, 0.5) is 4.39 Å². The summed E-state index contributed by atoms with van der Waals surface area (Å²) in [6, 6.07) is 5.26. The monoisotopic (exact) mass is 289 g/mol. The lowest BCUT2D eigenvalue weighted by atomic mass is 9.81. The van der Waals surface area contributed by atoms with Crippen molar-refractivity contribution in [2.75, 3.05) is 6.54 Å². The minimum atomic E-state index is -0.214. The molecule has 21 heavy (non-hydrogen) atoms. The van der Waals surface area contributed by atoms with E-state index >= 15 is 0 Å². The number of nitrogens with zero attached hydrogens (tertiary/aromatic N) is 2. The predicted octanol–water partition coefficient (Wildman–Crippen LogP) is 3.99. The second-order valence-corrected chi connectivity index (χ2v) is 6.52. The maximum absolute atomic E-state index is 13.5. The summed E-state index contributed by atoms with van der Waals surface area (Å²) in [7, 11) is 0. The van der Waals surface area contributed by atoms with Crippen LogP contribution < -0.4 is 5.73 Å². The van der Waals surface area contributed by atoms with Gasteiger partial charge < -0.3 is 10.3 Å². The molecule has 1 fully saturated rings. The van der Waals surface area contributed by atoms with Crippen LogP contribution in [0.2, 0.25) is 0 Å². The summed E-state index contributed by atoms with van der Waals surface area (Å²) in [5.74, 6) is 2.05. The highest BCUT2D eigenvalue weighted by molar-refractivity contribution is 5.76. The van der Waals surface area contributed by atoms with E-state index in [1.54, 1.807) is 6.07 Å².